The third kappa shape index (κ3) is 4.85. The maximum absolute atomic E-state index is 13.0. The Labute approximate surface area is 168 Å². The van der Waals surface area contributed by atoms with Gasteiger partial charge in [-0.1, -0.05) is 12.1 Å². The van der Waals surface area contributed by atoms with Crippen LogP contribution >= 0.6 is 11.3 Å². The lowest BCUT2D eigenvalue weighted by molar-refractivity contribution is 0.0748. The number of aryl methyl sites for hydroxylation is 1. The van der Waals surface area contributed by atoms with Gasteiger partial charge in [-0.3, -0.25) is 9.36 Å². The van der Waals surface area contributed by atoms with Crippen LogP contribution in [0.4, 0.5) is 5.95 Å². The average Bonchev–Trinajstić information content (AvgIpc) is 3.11. The highest BCUT2D eigenvalue weighted by Gasteiger charge is 2.11. The number of hydrogen-bond acceptors (Lipinski definition) is 6. The zero-order valence-corrected chi connectivity index (χ0v) is 17.5. The molecule has 7 heteroatoms. The minimum atomic E-state index is -0.0718. The molecule has 0 aliphatic carbocycles. The van der Waals surface area contributed by atoms with E-state index in [9.17, 15) is 4.79 Å². The van der Waals surface area contributed by atoms with Crippen molar-refractivity contribution in [3.05, 3.63) is 56.5 Å². The fraction of sp³-hybridized carbons (Fsp3) is 0.381. The second kappa shape index (κ2) is 9.12. The number of fused-ring (bicyclic) bond motifs is 1. The summed E-state index contributed by atoms with van der Waals surface area (Å²) in [4.78, 5) is 19.9. The van der Waals surface area contributed by atoms with Crippen LogP contribution in [0, 0.1) is 6.92 Å². The van der Waals surface area contributed by atoms with E-state index in [1.807, 2.05) is 45.0 Å². The number of hydrogen-bond donors (Lipinski definition) is 1. The van der Waals surface area contributed by atoms with E-state index in [1.165, 1.54) is 4.88 Å². The quantitative estimate of drug-likeness (QED) is 0.346. The second-order valence-corrected chi connectivity index (χ2v) is 8.19. The van der Waals surface area contributed by atoms with Crippen molar-refractivity contribution in [3.8, 4) is 0 Å². The molecule has 148 valence electrons. The Hall–Kier alpha value is -2.51. The third-order valence-electron chi connectivity index (χ3n) is 4.26. The van der Waals surface area contributed by atoms with Crippen LogP contribution < -0.4 is 11.0 Å². The Bertz CT molecular complexity index is 1040. The van der Waals surface area contributed by atoms with Crippen molar-refractivity contribution in [3.63, 3.8) is 0 Å². The average molecular weight is 399 g/mol. The molecule has 2 aromatic heterocycles. The molecule has 0 spiro atoms. The van der Waals surface area contributed by atoms with Crippen molar-refractivity contribution in [1.82, 2.24) is 9.55 Å². The van der Waals surface area contributed by atoms with Crippen LogP contribution in [0.3, 0.4) is 0 Å². The Balaban J connectivity index is 1.90. The predicted octanol–water partition coefficient (Wildman–Crippen LogP) is 4.42. The molecule has 0 aliphatic rings. The molecule has 3 aromatic rings. The molecule has 6 nitrogen and oxygen atoms in total. The Morgan fingerprint density at radius 2 is 2.07 bits per heavy atom. The number of nitrogens with one attached hydrogen (secondary N) is 1. The first-order chi connectivity index (χ1) is 13.5. The largest absolute Gasteiger partial charge is 0.379 e. The SMILES string of the molecule is C/C(=N/Nc1nc2ccccc2c(=O)n1CCCOC(C)C)c1ccc(C)s1. The van der Waals surface area contributed by atoms with Gasteiger partial charge < -0.3 is 4.74 Å². The molecule has 1 aromatic carbocycles. The van der Waals surface area contributed by atoms with E-state index in [1.54, 1.807) is 22.0 Å². The van der Waals surface area contributed by atoms with Gasteiger partial charge in [-0.2, -0.15) is 5.10 Å². The van der Waals surface area contributed by atoms with Gasteiger partial charge in [0.15, 0.2) is 0 Å². The lowest BCUT2D eigenvalue weighted by Crippen LogP contribution is -2.25. The number of hydrazone groups is 1. The van der Waals surface area contributed by atoms with Gasteiger partial charge in [-0.15, -0.1) is 11.3 Å². The Morgan fingerprint density at radius 1 is 1.29 bits per heavy atom. The van der Waals surface area contributed by atoms with Crippen LogP contribution in [-0.2, 0) is 11.3 Å². The zero-order valence-electron chi connectivity index (χ0n) is 16.7. The Morgan fingerprint density at radius 3 is 2.79 bits per heavy atom. The smallest absolute Gasteiger partial charge is 0.262 e. The molecule has 0 fully saturated rings. The molecule has 0 radical (unpaired) electrons. The van der Waals surface area contributed by atoms with Crippen molar-refractivity contribution in [2.24, 2.45) is 5.10 Å². The standard InChI is InChI=1S/C21H26N4O2S/c1-14(2)27-13-7-12-25-20(26)17-8-5-6-9-18(17)22-21(25)24-23-16(4)19-11-10-15(3)28-19/h5-6,8-11,14H,7,12-13H2,1-4H3,(H,22,24)/b23-16-. The van der Waals surface area contributed by atoms with Crippen molar-refractivity contribution in [1.29, 1.82) is 0 Å². The summed E-state index contributed by atoms with van der Waals surface area (Å²) in [6.07, 6.45) is 0.894. The second-order valence-electron chi connectivity index (χ2n) is 6.90. The molecule has 2 heterocycles. The third-order valence-corrected chi connectivity index (χ3v) is 5.37. The van der Waals surface area contributed by atoms with E-state index < -0.39 is 0 Å². The molecule has 3 rings (SSSR count). The highest BCUT2D eigenvalue weighted by Crippen LogP contribution is 2.17. The van der Waals surface area contributed by atoms with Crippen LogP contribution in [-0.4, -0.2) is 28.0 Å². The zero-order chi connectivity index (χ0) is 20.1. The number of ether oxygens (including phenoxy) is 1. The minimum absolute atomic E-state index is 0.0718. The van der Waals surface area contributed by atoms with Gasteiger partial charge >= 0.3 is 0 Å². The molecule has 0 saturated carbocycles. The first-order valence-corrected chi connectivity index (χ1v) is 10.3. The number of thiophene rings is 1. The molecule has 0 bridgehead atoms. The maximum atomic E-state index is 13.0. The van der Waals surface area contributed by atoms with Gasteiger partial charge in [0.25, 0.3) is 5.56 Å². The summed E-state index contributed by atoms with van der Waals surface area (Å²) in [5.41, 5.74) is 4.45. The number of aromatic nitrogens is 2. The molecule has 28 heavy (non-hydrogen) atoms. The highest BCUT2D eigenvalue weighted by molar-refractivity contribution is 7.14. The van der Waals surface area contributed by atoms with Crippen molar-refractivity contribution in [2.45, 2.75) is 46.8 Å². The summed E-state index contributed by atoms with van der Waals surface area (Å²) < 4.78 is 7.25. The summed E-state index contributed by atoms with van der Waals surface area (Å²) in [6.45, 7) is 9.11. The number of para-hydroxylation sites is 1. The maximum Gasteiger partial charge on any atom is 0.262 e. The molecule has 0 amide bonds. The molecular weight excluding hydrogens is 372 g/mol. The lowest BCUT2D eigenvalue weighted by atomic mass is 10.2. The lowest BCUT2D eigenvalue weighted by Gasteiger charge is -2.14. The highest BCUT2D eigenvalue weighted by atomic mass is 32.1. The number of anilines is 1. The van der Waals surface area contributed by atoms with Crippen molar-refractivity contribution < 1.29 is 4.74 Å². The normalized spacial score (nSPS) is 12.1. The summed E-state index contributed by atoms with van der Waals surface area (Å²) in [7, 11) is 0. The first kappa shape index (κ1) is 20.2. The van der Waals surface area contributed by atoms with Crippen molar-refractivity contribution in [2.75, 3.05) is 12.0 Å². The fourth-order valence-corrected chi connectivity index (χ4v) is 3.63. The van der Waals surface area contributed by atoms with Crippen LogP contribution in [0.15, 0.2) is 46.3 Å². The van der Waals surface area contributed by atoms with Gasteiger partial charge in [-0.05, 0) is 58.4 Å². The summed E-state index contributed by atoms with van der Waals surface area (Å²) in [5, 5.41) is 5.07. The fourth-order valence-electron chi connectivity index (χ4n) is 2.82. The van der Waals surface area contributed by atoms with E-state index in [0.717, 1.165) is 17.0 Å². The summed E-state index contributed by atoms with van der Waals surface area (Å²) in [6, 6.07) is 11.5. The molecular formula is C21H26N4O2S. The van der Waals surface area contributed by atoms with E-state index in [-0.39, 0.29) is 11.7 Å². The summed E-state index contributed by atoms with van der Waals surface area (Å²) >= 11 is 1.68. The Kier molecular flexibility index (Phi) is 6.59. The van der Waals surface area contributed by atoms with Gasteiger partial charge in [0, 0.05) is 18.0 Å². The molecule has 0 saturated heterocycles. The van der Waals surface area contributed by atoms with E-state index in [4.69, 9.17) is 4.74 Å². The van der Waals surface area contributed by atoms with Crippen LogP contribution in [0.1, 0.15) is 36.9 Å². The minimum Gasteiger partial charge on any atom is -0.379 e. The molecule has 0 unspecified atom stereocenters. The first-order valence-electron chi connectivity index (χ1n) is 9.44. The predicted molar refractivity (Wildman–Crippen MR) is 117 cm³/mol. The van der Waals surface area contributed by atoms with Crippen LogP contribution in [0.5, 0.6) is 0 Å². The van der Waals surface area contributed by atoms with E-state index in [0.29, 0.717) is 30.0 Å². The van der Waals surface area contributed by atoms with Crippen LogP contribution in [0.25, 0.3) is 10.9 Å². The molecule has 0 aliphatic heterocycles. The van der Waals surface area contributed by atoms with Gasteiger partial charge in [0.2, 0.25) is 5.95 Å². The number of nitrogens with zero attached hydrogens (tertiary/aromatic N) is 3. The van der Waals surface area contributed by atoms with Crippen LogP contribution in [0.2, 0.25) is 0 Å². The summed E-state index contributed by atoms with van der Waals surface area (Å²) in [5.74, 6) is 0.445. The topological polar surface area (TPSA) is 68.5 Å². The molecule has 0 atom stereocenters. The van der Waals surface area contributed by atoms with E-state index >= 15 is 0 Å². The number of benzene rings is 1. The van der Waals surface area contributed by atoms with Gasteiger partial charge in [0.05, 0.1) is 27.6 Å². The van der Waals surface area contributed by atoms with Crippen molar-refractivity contribution >= 4 is 33.9 Å². The number of rotatable bonds is 8. The monoisotopic (exact) mass is 398 g/mol. The van der Waals surface area contributed by atoms with E-state index in [2.05, 4.69) is 28.5 Å². The van der Waals surface area contributed by atoms with Gasteiger partial charge in [-0.25, -0.2) is 10.4 Å². The molecule has 1 N–H and O–H groups in total. The van der Waals surface area contributed by atoms with Gasteiger partial charge in [0.1, 0.15) is 0 Å².